The molecule has 6 rings (SSSR count). The highest BCUT2D eigenvalue weighted by atomic mass is 79.9. The van der Waals surface area contributed by atoms with Crippen molar-refractivity contribution in [2.75, 3.05) is 16.8 Å². The maximum Gasteiger partial charge on any atom is 0.418 e. The number of thioether (sulfide) groups is 1. The summed E-state index contributed by atoms with van der Waals surface area (Å²) in [5.41, 5.74) is -0.594. The van der Waals surface area contributed by atoms with Crippen LogP contribution in [-0.2, 0) is 20.6 Å². The van der Waals surface area contributed by atoms with Crippen molar-refractivity contribution >= 4 is 84.1 Å². The predicted octanol–water partition coefficient (Wildman–Crippen LogP) is 6.79. The van der Waals surface area contributed by atoms with Crippen LogP contribution in [0.5, 0.6) is 5.75 Å². The van der Waals surface area contributed by atoms with Gasteiger partial charge in [-0.1, -0.05) is 67.1 Å². The molecule has 0 radical (unpaired) electrons. The maximum absolute atomic E-state index is 14.0. The number of hydrogen-bond acceptors (Lipinski definition) is 7. The van der Waals surface area contributed by atoms with Gasteiger partial charge in [0.2, 0.25) is 11.8 Å². The Morgan fingerprint density at radius 2 is 1.68 bits per heavy atom. The number of benzene rings is 3. The molecule has 15 heteroatoms. The standard InChI is InChI=1S/C29H18Br2F3N3O5S2/c30-13-5-8-15(9-6-13)37-26(39)22-21(23-25(36-28(41)44-23)43-24(22)27(37)40)16-11-14(31)7-10-19(16)42-12-20(38)35-18-4-2-1-3-17(18)29(32,33)34/h1-11,21-22,24H,12H2,(H,35,38)(H,36,41). The first-order chi connectivity index (χ1) is 20.9. The Hall–Kier alpha value is -3.40. The molecule has 1 fully saturated rings. The third kappa shape index (κ3) is 5.73. The van der Waals surface area contributed by atoms with Crippen LogP contribution < -0.4 is 19.8 Å². The second-order valence-corrected chi connectivity index (χ2v) is 13.8. The molecule has 4 aromatic rings. The van der Waals surface area contributed by atoms with E-state index < -0.39 is 58.8 Å². The molecule has 3 atom stereocenters. The summed E-state index contributed by atoms with van der Waals surface area (Å²) < 4.78 is 47.5. The number of hydrogen-bond donors (Lipinski definition) is 2. The van der Waals surface area contributed by atoms with E-state index in [4.69, 9.17) is 4.74 Å². The second kappa shape index (κ2) is 11.8. The minimum atomic E-state index is -4.68. The van der Waals surface area contributed by atoms with Crippen LogP contribution in [0.15, 0.2) is 85.5 Å². The number of thiazole rings is 1. The molecule has 3 aromatic carbocycles. The lowest BCUT2D eigenvalue weighted by Gasteiger charge is -2.31. The van der Waals surface area contributed by atoms with E-state index in [1.54, 1.807) is 42.5 Å². The average Bonchev–Trinajstić information content (AvgIpc) is 3.46. The molecule has 2 aliphatic rings. The lowest BCUT2D eigenvalue weighted by Crippen LogP contribution is -2.32. The van der Waals surface area contributed by atoms with Crippen LogP contribution in [0.1, 0.15) is 21.9 Å². The van der Waals surface area contributed by atoms with Crippen molar-refractivity contribution in [3.63, 3.8) is 0 Å². The third-order valence-corrected chi connectivity index (χ3v) is 10.5. The van der Waals surface area contributed by atoms with Gasteiger partial charge in [0.05, 0.1) is 27.9 Å². The molecule has 0 aliphatic carbocycles. The zero-order chi connectivity index (χ0) is 31.3. The molecule has 2 N–H and O–H groups in total. The van der Waals surface area contributed by atoms with Gasteiger partial charge in [0, 0.05) is 25.3 Å². The first-order valence-corrected chi connectivity index (χ1v) is 16.1. The first kappa shape index (κ1) is 30.6. The SMILES string of the molecule is O=C(COc1ccc(Br)cc1C1c2sc(=O)[nH]c2SC2C(=O)N(c3ccc(Br)cc3)C(=O)C21)Nc1ccccc1C(F)(F)F. The Morgan fingerprint density at radius 1 is 0.977 bits per heavy atom. The summed E-state index contributed by atoms with van der Waals surface area (Å²) in [7, 11) is 0. The van der Waals surface area contributed by atoms with Crippen LogP contribution in [0, 0.1) is 5.92 Å². The molecule has 3 unspecified atom stereocenters. The molecule has 8 nitrogen and oxygen atoms in total. The first-order valence-electron chi connectivity index (χ1n) is 12.8. The molecular formula is C29H18Br2F3N3O5S2. The average molecular weight is 769 g/mol. The minimum Gasteiger partial charge on any atom is -0.483 e. The monoisotopic (exact) mass is 767 g/mol. The number of anilines is 2. The molecule has 3 heterocycles. The number of aromatic amines is 1. The number of para-hydroxylation sites is 1. The van der Waals surface area contributed by atoms with Crippen molar-refractivity contribution in [1.82, 2.24) is 4.98 Å². The molecule has 3 amide bonds. The number of amides is 3. The largest absolute Gasteiger partial charge is 0.483 e. The second-order valence-electron chi connectivity index (χ2n) is 9.80. The summed E-state index contributed by atoms with van der Waals surface area (Å²) in [5.74, 6) is -3.29. The van der Waals surface area contributed by atoms with Crippen LogP contribution in [0.2, 0.25) is 0 Å². The molecule has 1 aromatic heterocycles. The van der Waals surface area contributed by atoms with Crippen molar-refractivity contribution < 1.29 is 32.3 Å². The van der Waals surface area contributed by atoms with Gasteiger partial charge in [-0.15, -0.1) is 0 Å². The van der Waals surface area contributed by atoms with Gasteiger partial charge in [0.25, 0.3) is 5.91 Å². The summed E-state index contributed by atoms with van der Waals surface area (Å²) in [6.45, 7) is -0.648. The molecule has 1 saturated heterocycles. The number of imide groups is 1. The van der Waals surface area contributed by atoms with E-state index in [0.717, 1.165) is 44.6 Å². The number of H-pyrrole nitrogens is 1. The number of nitrogens with zero attached hydrogens (tertiary/aromatic N) is 1. The number of aromatic nitrogens is 1. The minimum absolute atomic E-state index is 0.164. The number of halogens is 5. The van der Waals surface area contributed by atoms with E-state index in [1.807, 2.05) is 0 Å². The van der Waals surface area contributed by atoms with Gasteiger partial charge in [-0.25, -0.2) is 4.90 Å². The summed E-state index contributed by atoms with van der Waals surface area (Å²) >= 11 is 8.82. The maximum atomic E-state index is 14.0. The van der Waals surface area contributed by atoms with E-state index in [0.29, 0.717) is 25.6 Å². The van der Waals surface area contributed by atoms with Crippen LogP contribution in [0.25, 0.3) is 0 Å². The van der Waals surface area contributed by atoms with E-state index >= 15 is 0 Å². The molecular weight excluding hydrogens is 751 g/mol. The van der Waals surface area contributed by atoms with Crippen LogP contribution in [-0.4, -0.2) is 34.6 Å². The smallest absolute Gasteiger partial charge is 0.418 e. The van der Waals surface area contributed by atoms with Gasteiger partial charge in [-0.05, 0) is 54.6 Å². The Bertz CT molecular complexity index is 1860. The molecule has 44 heavy (non-hydrogen) atoms. The van der Waals surface area contributed by atoms with E-state index in [-0.39, 0.29) is 10.6 Å². The molecule has 0 saturated carbocycles. The van der Waals surface area contributed by atoms with Crippen molar-refractivity contribution in [2.45, 2.75) is 22.4 Å². The lowest BCUT2D eigenvalue weighted by atomic mass is 9.82. The Labute approximate surface area is 272 Å². The quantitative estimate of drug-likeness (QED) is 0.209. The molecule has 2 aliphatic heterocycles. The number of alkyl halides is 3. The number of rotatable bonds is 6. The molecule has 0 bridgehead atoms. The van der Waals surface area contributed by atoms with Crippen LogP contribution >= 0.6 is 55.0 Å². The summed E-state index contributed by atoms with van der Waals surface area (Å²) in [6.07, 6.45) is -4.68. The highest BCUT2D eigenvalue weighted by molar-refractivity contribution is 9.10. The van der Waals surface area contributed by atoms with Gasteiger partial charge in [0.1, 0.15) is 11.0 Å². The van der Waals surface area contributed by atoms with Crippen molar-refractivity contribution in [2.24, 2.45) is 5.92 Å². The fraction of sp³-hybridized carbons (Fsp3) is 0.172. The fourth-order valence-electron chi connectivity index (χ4n) is 5.26. The predicted molar refractivity (Wildman–Crippen MR) is 166 cm³/mol. The van der Waals surface area contributed by atoms with Gasteiger partial charge in [0.15, 0.2) is 6.61 Å². The van der Waals surface area contributed by atoms with Gasteiger partial charge in [-0.2, -0.15) is 13.2 Å². The number of fused-ring (bicyclic) bond motifs is 2. The summed E-state index contributed by atoms with van der Waals surface area (Å²) in [4.78, 5) is 57.0. The zero-order valence-corrected chi connectivity index (χ0v) is 26.8. The number of carbonyl (C=O) groups excluding carboxylic acids is 3. The Kier molecular flexibility index (Phi) is 8.24. The third-order valence-electron chi connectivity index (χ3n) is 7.08. The number of nitrogens with one attached hydrogen (secondary N) is 2. The lowest BCUT2D eigenvalue weighted by molar-refractivity contribution is -0.137. The molecule has 226 valence electrons. The molecule has 0 spiro atoms. The summed E-state index contributed by atoms with van der Waals surface area (Å²) in [6, 6.07) is 16.2. The van der Waals surface area contributed by atoms with E-state index in [2.05, 4.69) is 42.2 Å². The van der Waals surface area contributed by atoms with Crippen LogP contribution in [0.4, 0.5) is 24.5 Å². The zero-order valence-electron chi connectivity index (χ0n) is 22.0. The van der Waals surface area contributed by atoms with Crippen molar-refractivity contribution in [3.8, 4) is 5.75 Å². The number of carbonyl (C=O) groups is 3. The van der Waals surface area contributed by atoms with Gasteiger partial charge in [-0.3, -0.25) is 19.2 Å². The highest BCUT2D eigenvalue weighted by Gasteiger charge is 2.57. The van der Waals surface area contributed by atoms with E-state index in [1.165, 1.54) is 12.1 Å². The van der Waals surface area contributed by atoms with Crippen molar-refractivity contribution in [1.29, 1.82) is 0 Å². The van der Waals surface area contributed by atoms with E-state index in [9.17, 15) is 32.3 Å². The van der Waals surface area contributed by atoms with Gasteiger partial charge >= 0.3 is 11.0 Å². The van der Waals surface area contributed by atoms with Crippen molar-refractivity contribution in [3.05, 3.63) is 101 Å². The topological polar surface area (TPSA) is 109 Å². The number of ether oxygens (including phenoxy) is 1. The Balaban J connectivity index is 1.34. The summed E-state index contributed by atoms with van der Waals surface area (Å²) in [5, 5.41) is 1.84. The highest BCUT2D eigenvalue weighted by Crippen LogP contribution is 2.54. The normalized spacial score (nSPS) is 19.5. The Morgan fingerprint density at radius 3 is 2.41 bits per heavy atom. The van der Waals surface area contributed by atoms with Gasteiger partial charge < -0.3 is 15.0 Å². The fourth-order valence-corrected chi connectivity index (χ4v) is 8.41. The van der Waals surface area contributed by atoms with Crippen LogP contribution in [0.3, 0.4) is 0 Å².